The van der Waals surface area contributed by atoms with Crippen LogP contribution in [0, 0.1) is 5.82 Å². The quantitative estimate of drug-likeness (QED) is 0.900. The molecule has 2 rings (SSSR count). The van der Waals surface area contributed by atoms with Crippen molar-refractivity contribution in [1.29, 1.82) is 0 Å². The highest BCUT2D eigenvalue weighted by atomic mass is 19.1. The molecule has 0 aliphatic heterocycles. The Morgan fingerprint density at radius 1 is 1.47 bits per heavy atom. The molecule has 0 spiro atoms. The van der Waals surface area contributed by atoms with E-state index in [4.69, 9.17) is 4.74 Å². The second-order valence-electron chi connectivity index (χ2n) is 4.34. The van der Waals surface area contributed by atoms with Crippen molar-refractivity contribution in [2.75, 3.05) is 12.4 Å². The Morgan fingerprint density at radius 2 is 2.26 bits per heavy atom. The summed E-state index contributed by atoms with van der Waals surface area (Å²) in [6.45, 7) is 4.83. The van der Waals surface area contributed by atoms with Gasteiger partial charge < -0.3 is 10.1 Å². The molecule has 0 bridgehead atoms. The van der Waals surface area contributed by atoms with E-state index in [1.165, 1.54) is 13.2 Å². The fourth-order valence-corrected chi connectivity index (χ4v) is 1.90. The molecule has 19 heavy (non-hydrogen) atoms. The summed E-state index contributed by atoms with van der Waals surface area (Å²) in [4.78, 5) is 0. The number of nitrogens with one attached hydrogen (secondary N) is 1. The maximum absolute atomic E-state index is 13.6. The summed E-state index contributed by atoms with van der Waals surface area (Å²) in [5.74, 6) is -0.0901. The second kappa shape index (κ2) is 5.73. The number of hydrogen-bond acceptors (Lipinski definition) is 3. The molecule has 0 fully saturated rings. The molecule has 0 saturated carbocycles. The number of methoxy groups -OCH3 is 1. The third-order valence-electron chi connectivity index (χ3n) is 3.02. The minimum Gasteiger partial charge on any atom is -0.494 e. The number of ether oxygens (including phenoxy) is 1. The van der Waals surface area contributed by atoms with Crippen LogP contribution in [0.3, 0.4) is 0 Å². The Labute approximate surface area is 112 Å². The lowest BCUT2D eigenvalue weighted by atomic mass is 10.1. The third kappa shape index (κ3) is 3.05. The van der Waals surface area contributed by atoms with E-state index < -0.39 is 0 Å². The zero-order valence-corrected chi connectivity index (χ0v) is 11.4. The highest BCUT2D eigenvalue weighted by Gasteiger charge is 2.10. The standard InChI is InChI=1S/C14H18FN3O/c1-4-18-9-12(8-16-18)17-10(2)11-5-6-14(19-3)13(15)7-11/h5-10,17H,4H2,1-3H3. The average molecular weight is 263 g/mol. The van der Waals surface area contributed by atoms with Crippen LogP contribution in [-0.4, -0.2) is 16.9 Å². The molecular formula is C14H18FN3O. The van der Waals surface area contributed by atoms with Gasteiger partial charge in [-0.3, -0.25) is 4.68 Å². The highest BCUT2D eigenvalue weighted by molar-refractivity contribution is 5.42. The van der Waals surface area contributed by atoms with Crippen molar-refractivity contribution in [1.82, 2.24) is 9.78 Å². The van der Waals surface area contributed by atoms with Gasteiger partial charge in [-0.15, -0.1) is 0 Å². The molecule has 1 aromatic heterocycles. The van der Waals surface area contributed by atoms with E-state index >= 15 is 0 Å². The molecule has 0 amide bonds. The van der Waals surface area contributed by atoms with Crippen molar-refractivity contribution >= 4 is 5.69 Å². The van der Waals surface area contributed by atoms with Gasteiger partial charge in [-0.05, 0) is 31.5 Å². The van der Waals surface area contributed by atoms with Crippen LogP contribution in [0.2, 0.25) is 0 Å². The smallest absolute Gasteiger partial charge is 0.165 e. The van der Waals surface area contributed by atoms with Gasteiger partial charge in [0, 0.05) is 18.8 Å². The first-order chi connectivity index (χ1) is 9.13. The molecule has 0 aliphatic rings. The van der Waals surface area contributed by atoms with Crippen molar-refractivity contribution in [3.63, 3.8) is 0 Å². The van der Waals surface area contributed by atoms with Gasteiger partial charge in [-0.1, -0.05) is 6.07 Å². The van der Waals surface area contributed by atoms with Crippen molar-refractivity contribution in [2.24, 2.45) is 0 Å². The van der Waals surface area contributed by atoms with Crippen LogP contribution in [0.25, 0.3) is 0 Å². The Morgan fingerprint density at radius 3 is 2.84 bits per heavy atom. The van der Waals surface area contributed by atoms with Crippen LogP contribution in [-0.2, 0) is 6.54 Å². The van der Waals surface area contributed by atoms with Gasteiger partial charge in [0.15, 0.2) is 11.6 Å². The SMILES string of the molecule is CCn1cc(NC(C)c2ccc(OC)c(F)c2)cn1. The normalized spacial score (nSPS) is 12.2. The predicted octanol–water partition coefficient (Wildman–Crippen LogP) is 3.22. The topological polar surface area (TPSA) is 39.1 Å². The maximum atomic E-state index is 13.6. The summed E-state index contributed by atoms with van der Waals surface area (Å²) in [5, 5.41) is 7.47. The van der Waals surface area contributed by atoms with Crippen LogP contribution in [0.1, 0.15) is 25.5 Å². The average Bonchev–Trinajstić information content (AvgIpc) is 2.86. The Bertz CT molecular complexity index is 553. The minimum absolute atomic E-state index is 0.00471. The van der Waals surface area contributed by atoms with Crippen molar-refractivity contribution in [3.05, 3.63) is 42.0 Å². The Kier molecular flexibility index (Phi) is 4.04. The fraction of sp³-hybridized carbons (Fsp3) is 0.357. The number of hydrogen-bond donors (Lipinski definition) is 1. The van der Waals surface area contributed by atoms with Crippen molar-refractivity contribution in [2.45, 2.75) is 26.4 Å². The predicted molar refractivity (Wildman–Crippen MR) is 72.9 cm³/mol. The Balaban J connectivity index is 2.10. The molecule has 1 heterocycles. The zero-order valence-electron chi connectivity index (χ0n) is 11.4. The molecule has 1 unspecified atom stereocenters. The lowest BCUT2D eigenvalue weighted by Crippen LogP contribution is -2.06. The van der Waals surface area contributed by atoms with Gasteiger partial charge in [0.1, 0.15) is 0 Å². The number of nitrogens with zero attached hydrogens (tertiary/aromatic N) is 2. The number of aryl methyl sites for hydroxylation is 1. The van der Waals surface area contributed by atoms with Gasteiger partial charge in [0.25, 0.3) is 0 Å². The molecule has 2 aromatic rings. The van der Waals surface area contributed by atoms with Crippen LogP contribution < -0.4 is 10.1 Å². The largest absolute Gasteiger partial charge is 0.494 e. The van der Waals surface area contributed by atoms with Gasteiger partial charge in [0.2, 0.25) is 0 Å². The summed E-state index contributed by atoms with van der Waals surface area (Å²) < 4.78 is 20.4. The van der Waals surface area contributed by atoms with Gasteiger partial charge in [-0.2, -0.15) is 5.10 Å². The van der Waals surface area contributed by atoms with Crippen LogP contribution in [0.15, 0.2) is 30.6 Å². The molecule has 1 atom stereocenters. The van der Waals surface area contributed by atoms with E-state index in [0.717, 1.165) is 17.8 Å². The number of aromatic nitrogens is 2. The summed E-state index contributed by atoms with van der Waals surface area (Å²) in [6, 6.07) is 4.97. The second-order valence-corrected chi connectivity index (χ2v) is 4.34. The fourth-order valence-electron chi connectivity index (χ4n) is 1.90. The number of halogens is 1. The van der Waals surface area contributed by atoms with E-state index in [1.54, 1.807) is 12.3 Å². The van der Waals surface area contributed by atoms with Crippen molar-refractivity contribution in [3.8, 4) is 5.75 Å². The first kappa shape index (κ1) is 13.4. The first-order valence-electron chi connectivity index (χ1n) is 6.26. The number of rotatable bonds is 5. The molecule has 5 heteroatoms. The molecule has 1 aromatic carbocycles. The summed E-state index contributed by atoms with van der Waals surface area (Å²) in [6.07, 6.45) is 3.69. The molecule has 0 saturated heterocycles. The zero-order chi connectivity index (χ0) is 13.8. The lowest BCUT2D eigenvalue weighted by Gasteiger charge is -2.15. The van der Waals surface area contributed by atoms with Gasteiger partial charge in [-0.25, -0.2) is 4.39 Å². The van der Waals surface area contributed by atoms with Crippen LogP contribution in [0.4, 0.5) is 10.1 Å². The van der Waals surface area contributed by atoms with E-state index in [2.05, 4.69) is 10.4 Å². The maximum Gasteiger partial charge on any atom is 0.165 e. The van der Waals surface area contributed by atoms with Crippen molar-refractivity contribution < 1.29 is 9.13 Å². The Hall–Kier alpha value is -2.04. The number of benzene rings is 1. The highest BCUT2D eigenvalue weighted by Crippen LogP contribution is 2.24. The van der Waals surface area contributed by atoms with Gasteiger partial charge in [0.05, 0.1) is 19.0 Å². The van der Waals surface area contributed by atoms with E-state index in [1.807, 2.05) is 30.8 Å². The molecule has 1 N–H and O–H groups in total. The third-order valence-corrected chi connectivity index (χ3v) is 3.02. The van der Waals surface area contributed by atoms with Crippen LogP contribution >= 0.6 is 0 Å². The number of anilines is 1. The monoisotopic (exact) mass is 263 g/mol. The molecular weight excluding hydrogens is 245 g/mol. The summed E-state index contributed by atoms with van der Waals surface area (Å²) in [5.41, 5.74) is 1.79. The van der Waals surface area contributed by atoms with E-state index in [0.29, 0.717) is 0 Å². The summed E-state index contributed by atoms with van der Waals surface area (Å²) >= 11 is 0. The molecule has 0 radical (unpaired) electrons. The minimum atomic E-state index is -0.349. The summed E-state index contributed by atoms with van der Waals surface area (Å²) in [7, 11) is 1.46. The van der Waals surface area contributed by atoms with E-state index in [-0.39, 0.29) is 17.6 Å². The van der Waals surface area contributed by atoms with E-state index in [9.17, 15) is 4.39 Å². The van der Waals surface area contributed by atoms with Crippen LogP contribution in [0.5, 0.6) is 5.75 Å². The van der Waals surface area contributed by atoms with Gasteiger partial charge >= 0.3 is 0 Å². The molecule has 102 valence electrons. The molecule has 0 aliphatic carbocycles. The first-order valence-corrected chi connectivity index (χ1v) is 6.26. The lowest BCUT2D eigenvalue weighted by molar-refractivity contribution is 0.386. The molecule has 4 nitrogen and oxygen atoms in total.